The van der Waals surface area contributed by atoms with E-state index in [4.69, 9.17) is 16.3 Å². The van der Waals surface area contributed by atoms with Gasteiger partial charge in [-0.05, 0) is 18.8 Å². The van der Waals surface area contributed by atoms with Crippen molar-refractivity contribution >= 4 is 11.6 Å². The van der Waals surface area contributed by atoms with Crippen LogP contribution in [0.15, 0.2) is 0 Å². The minimum absolute atomic E-state index is 0.0926. The van der Waals surface area contributed by atoms with Crippen molar-refractivity contribution in [2.75, 3.05) is 6.61 Å². The van der Waals surface area contributed by atoms with Crippen molar-refractivity contribution in [3.63, 3.8) is 0 Å². The number of alkyl halides is 1. The number of rotatable bonds is 5. The summed E-state index contributed by atoms with van der Waals surface area (Å²) in [7, 11) is 0. The van der Waals surface area contributed by atoms with Crippen LogP contribution in [0.25, 0.3) is 0 Å². The minimum atomic E-state index is -0.0926. The lowest BCUT2D eigenvalue weighted by molar-refractivity contribution is 0.0725. The maximum absolute atomic E-state index is 5.89. The van der Waals surface area contributed by atoms with Crippen molar-refractivity contribution in [3.05, 3.63) is 0 Å². The molecular weight excluding hydrogens is 148 g/mol. The molecule has 0 aromatic carbocycles. The summed E-state index contributed by atoms with van der Waals surface area (Å²) in [5.74, 6) is 0.466. The molecule has 0 aliphatic rings. The van der Waals surface area contributed by atoms with Gasteiger partial charge in [-0.15, -0.1) is 0 Å². The highest BCUT2D eigenvalue weighted by atomic mass is 35.5. The Balaban J connectivity index is 3.31. The third-order valence-corrected chi connectivity index (χ3v) is 2.13. The lowest BCUT2D eigenvalue weighted by atomic mass is 10.1. The molecule has 0 amide bonds. The molecule has 0 aliphatic carbocycles. The average Bonchev–Trinajstić information content (AvgIpc) is 1.98. The summed E-state index contributed by atoms with van der Waals surface area (Å²) in [4.78, 5) is 0. The van der Waals surface area contributed by atoms with Crippen LogP contribution in [-0.2, 0) is 4.74 Å². The molecule has 0 N–H and O–H groups in total. The Bertz CT molecular complexity index is 75.7. The van der Waals surface area contributed by atoms with Crippen molar-refractivity contribution in [1.82, 2.24) is 0 Å². The molecule has 0 spiro atoms. The maximum Gasteiger partial charge on any atom is 0.133 e. The van der Waals surface area contributed by atoms with Crippen LogP contribution in [0, 0.1) is 5.92 Å². The highest BCUT2D eigenvalue weighted by molar-refractivity contribution is 6.19. The summed E-state index contributed by atoms with van der Waals surface area (Å²) in [5, 5.41) is 0. The van der Waals surface area contributed by atoms with Crippen LogP contribution < -0.4 is 0 Å². The molecule has 62 valence electrons. The van der Waals surface area contributed by atoms with Crippen LogP contribution in [0.2, 0.25) is 0 Å². The van der Waals surface area contributed by atoms with E-state index >= 15 is 0 Å². The summed E-state index contributed by atoms with van der Waals surface area (Å²) in [6, 6.07) is 0. The van der Waals surface area contributed by atoms with E-state index in [2.05, 4.69) is 20.8 Å². The van der Waals surface area contributed by atoms with Gasteiger partial charge in [0.25, 0.3) is 0 Å². The standard InChI is InChI=1S/C8H17ClO/c1-4-6-10-8(9)7(3)5-2/h7-8H,4-6H2,1-3H3. The molecule has 2 heteroatoms. The molecule has 0 heterocycles. The molecule has 2 atom stereocenters. The molecular formula is C8H17ClO. The largest absolute Gasteiger partial charge is 0.362 e. The van der Waals surface area contributed by atoms with Crippen LogP contribution in [0.5, 0.6) is 0 Å². The highest BCUT2D eigenvalue weighted by Crippen LogP contribution is 2.14. The minimum Gasteiger partial charge on any atom is -0.362 e. The van der Waals surface area contributed by atoms with Gasteiger partial charge in [-0.1, -0.05) is 32.4 Å². The van der Waals surface area contributed by atoms with E-state index in [1.807, 2.05) is 0 Å². The summed E-state index contributed by atoms with van der Waals surface area (Å²) < 4.78 is 5.31. The van der Waals surface area contributed by atoms with Gasteiger partial charge >= 0.3 is 0 Å². The second-order valence-corrected chi connectivity index (χ2v) is 3.04. The Labute approximate surface area is 68.7 Å². The first-order valence-corrected chi connectivity index (χ1v) is 4.41. The first-order chi connectivity index (χ1) is 4.72. The summed E-state index contributed by atoms with van der Waals surface area (Å²) >= 11 is 5.89. The Hall–Kier alpha value is 0.250. The molecule has 0 bridgehead atoms. The molecule has 0 saturated heterocycles. The fourth-order valence-corrected chi connectivity index (χ4v) is 0.847. The first-order valence-electron chi connectivity index (χ1n) is 3.98. The van der Waals surface area contributed by atoms with Gasteiger partial charge in [0.05, 0.1) is 0 Å². The third kappa shape index (κ3) is 4.13. The van der Waals surface area contributed by atoms with E-state index in [0.717, 1.165) is 19.4 Å². The van der Waals surface area contributed by atoms with E-state index < -0.39 is 0 Å². The lowest BCUT2D eigenvalue weighted by Crippen LogP contribution is -2.14. The zero-order chi connectivity index (χ0) is 7.98. The summed E-state index contributed by atoms with van der Waals surface area (Å²) in [6.07, 6.45) is 2.12. The van der Waals surface area contributed by atoms with Gasteiger partial charge in [0.2, 0.25) is 0 Å². The Morgan fingerprint density at radius 1 is 1.40 bits per heavy atom. The molecule has 0 aromatic heterocycles. The van der Waals surface area contributed by atoms with Gasteiger partial charge in [0.1, 0.15) is 5.56 Å². The monoisotopic (exact) mass is 164 g/mol. The molecule has 1 nitrogen and oxygen atoms in total. The number of hydrogen-bond acceptors (Lipinski definition) is 1. The lowest BCUT2D eigenvalue weighted by Gasteiger charge is -2.15. The molecule has 10 heavy (non-hydrogen) atoms. The van der Waals surface area contributed by atoms with Crippen LogP contribution in [0.1, 0.15) is 33.6 Å². The normalized spacial score (nSPS) is 16.8. The zero-order valence-electron chi connectivity index (χ0n) is 7.06. The fourth-order valence-electron chi connectivity index (χ4n) is 0.580. The van der Waals surface area contributed by atoms with Gasteiger partial charge in [0, 0.05) is 6.61 Å². The fraction of sp³-hybridized carbons (Fsp3) is 1.00. The maximum atomic E-state index is 5.89. The summed E-state index contributed by atoms with van der Waals surface area (Å²) in [6.45, 7) is 7.08. The van der Waals surface area contributed by atoms with Crippen molar-refractivity contribution < 1.29 is 4.74 Å². The van der Waals surface area contributed by atoms with Crippen LogP contribution in [0.4, 0.5) is 0 Å². The highest BCUT2D eigenvalue weighted by Gasteiger charge is 2.11. The van der Waals surface area contributed by atoms with E-state index in [9.17, 15) is 0 Å². The predicted molar refractivity (Wildman–Crippen MR) is 45.3 cm³/mol. The van der Waals surface area contributed by atoms with E-state index in [1.54, 1.807) is 0 Å². The van der Waals surface area contributed by atoms with Gasteiger partial charge in [-0.25, -0.2) is 0 Å². The smallest absolute Gasteiger partial charge is 0.133 e. The Morgan fingerprint density at radius 3 is 2.40 bits per heavy atom. The molecule has 2 unspecified atom stereocenters. The zero-order valence-corrected chi connectivity index (χ0v) is 7.82. The quantitative estimate of drug-likeness (QED) is 0.568. The van der Waals surface area contributed by atoms with Crippen molar-refractivity contribution in [1.29, 1.82) is 0 Å². The Morgan fingerprint density at radius 2 is 2.00 bits per heavy atom. The van der Waals surface area contributed by atoms with Crippen molar-refractivity contribution in [3.8, 4) is 0 Å². The van der Waals surface area contributed by atoms with E-state index in [0.29, 0.717) is 5.92 Å². The molecule has 0 aromatic rings. The van der Waals surface area contributed by atoms with Crippen molar-refractivity contribution in [2.24, 2.45) is 5.92 Å². The average molecular weight is 165 g/mol. The Kier molecular flexibility index (Phi) is 6.14. The molecule has 0 aliphatic heterocycles. The number of hydrogen-bond donors (Lipinski definition) is 0. The number of halogens is 1. The second kappa shape index (κ2) is 5.99. The van der Waals surface area contributed by atoms with Gasteiger partial charge in [0.15, 0.2) is 0 Å². The van der Waals surface area contributed by atoms with Crippen LogP contribution in [0.3, 0.4) is 0 Å². The van der Waals surface area contributed by atoms with Crippen molar-refractivity contribution in [2.45, 2.75) is 39.2 Å². The molecule has 0 rings (SSSR count). The van der Waals surface area contributed by atoms with Crippen LogP contribution >= 0.6 is 11.6 Å². The van der Waals surface area contributed by atoms with Gasteiger partial charge in [-0.3, -0.25) is 0 Å². The van der Waals surface area contributed by atoms with Crippen LogP contribution in [-0.4, -0.2) is 12.2 Å². The molecule has 0 fully saturated rings. The predicted octanol–water partition coefficient (Wildman–Crippen LogP) is 3.02. The summed E-state index contributed by atoms with van der Waals surface area (Å²) in [5.41, 5.74) is -0.0926. The molecule has 0 saturated carbocycles. The van der Waals surface area contributed by atoms with E-state index in [1.165, 1.54) is 0 Å². The number of ether oxygens (including phenoxy) is 1. The molecule has 0 radical (unpaired) electrons. The third-order valence-electron chi connectivity index (χ3n) is 1.57. The SMILES string of the molecule is CCCOC(Cl)C(C)CC. The first kappa shape index (κ1) is 10.2. The van der Waals surface area contributed by atoms with Gasteiger partial charge in [-0.2, -0.15) is 0 Å². The second-order valence-electron chi connectivity index (χ2n) is 2.61. The van der Waals surface area contributed by atoms with E-state index in [-0.39, 0.29) is 5.56 Å². The van der Waals surface area contributed by atoms with Gasteiger partial charge < -0.3 is 4.74 Å². The topological polar surface area (TPSA) is 9.23 Å².